The molecule has 0 saturated carbocycles. The summed E-state index contributed by atoms with van der Waals surface area (Å²) in [6.45, 7) is 9.13. The van der Waals surface area contributed by atoms with E-state index in [1.54, 1.807) is 6.07 Å². The zero-order chi connectivity index (χ0) is 15.3. The second-order valence-electron chi connectivity index (χ2n) is 7.04. The van der Waals surface area contributed by atoms with Gasteiger partial charge in [-0.25, -0.2) is 4.39 Å². The summed E-state index contributed by atoms with van der Waals surface area (Å²) in [6, 6.07) is 5.40. The molecule has 1 rings (SSSR count). The van der Waals surface area contributed by atoms with Crippen LogP contribution in [-0.4, -0.2) is 13.1 Å². The normalized spacial score (nSPS) is 15.2. The summed E-state index contributed by atoms with van der Waals surface area (Å²) in [4.78, 5) is 0. The van der Waals surface area contributed by atoms with Crippen molar-refractivity contribution in [2.75, 3.05) is 7.05 Å². The monoisotopic (exact) mass is 299 g/mol. The van der Waals surface area contributed by atoms with Gasteiger partial charge in [0.15, 0.2) is 0 Å². The molecule has 114 valence electrons. The van der Waals surface area contributed by atoms with Gasteiger partial charge in [0.05, 0.1) is 5.02 Å². The summed E-state index contributed by atoms with van der Waals surface area (Å²) in [5.41, 5.74) is 1.44. The third kappa shape index (κ3) is 6.23. The Labute approximate surface area is 127 Å². The van der Waals surface area contributed by atoms with E-state index in [9.17, 15) is 4.39 Å². The maximum absolute atomic E-state index is 13.2. The van der Waals surface area contributed by atoms with E-state index in [4.69, 9.17) is 11.6 Å². The number of nitrogens with one attached hydrogen (secondary N) is 1. The first kappa shape index (κ1) is 17.5. The van der Waals surface area contributed by atoms with Crippen LogP contribution in [0.5, 0.6) is 0 Å². The summed E-state index contributed by atoms with van der Waals surface area (Å²) in [6.07, 6.45) is 3.20. The molecule has 2 atom stereocenters. The Morgan fingerprint density at radius 2 is 1.95 bits per heavy atom. The zero-order valence-electron chi connectivity index (χ0n) is 13.3. The van der Waals surface area contributed by atoms with Crippen LogP contribution in [0, 0.1) is 17.2 Å². The molecule has 1 nitrogen and oxygen atoms in total. The molecule has 20 heavy (non-hydrogen) atoms. The van der Waals surface area contributed by atoms with Gasteiger partial charge in [0.25, 0.3) is 0 Å². The predicted molar refractivity (Wildman–Crippen MR) is 85.8 cm³/mol. The molecule has 0 fully saturated rings. The first-order valence-corrected chi connectivity index (χ1v) is 7.70. The van der Waals surface area contributed by atoms with Crippen LogP contribution in [0.2, 0.25) is 5.02 Å². The summed E-state index contributed by atoms with van der Waals surface area (Å²) in [5, 5.41) is 3.57. The van der Waals surface area contributed by atoms with E-state index in [1.807, 2.05) is 13.1 Å². The number of likely N-dealkylation sites (N-methyl/N-ethyl adjacent to an activating group) is 1. The van der Waals surface area contributed by atoms with E-state index in [-0.39, 0.29) is 10.8 Å². The van der Waals surface area contributed by atoms with Gasteiger partial charge in [0, 0.05) is 6.04 Å². The van der Waals surface area contributed by atoms with Crippen LogP contribution in [0.15, 0.2) is 18.2 Å². The molecular weight excluding hydrogens is 273 g/mol. The average molecular weight is 300 g/mol. The maximum atomic E-state index is 13.2. The van der Waals surface area contributed by atoms with Crippen LogP contribution in [0.1, 0.15) is 46.1 Å². The van der Waals surface area contributed by atoms with Gasteiger partial charge in [0.2, 0.25) is 0 Å². The first-order chi connectivity index (χ1) is 9.21. The number of halogens is 2. The van der Waals surface area contributed by atoms with Crippen molar-refractivity contribution in [1.29, 1.82) is 0 Å². The molecule has 0 aliphatic rings. The average Bonchev–Trinajstić information content (AvgIpc) is 2.30. The highest BCUT2D eigenvalue weighted by Crippen LogP contribution is 2.27. The molecule has 0 spiro atoms. The molecule has 0 aliphatic carbocycles. The molecule has 1 aromatic carbocycles. The molecular formula is C17H27ClFN. The van der Waals surface area contributed by atoms with E-state index >= 15 is 0 Å². The molecule has 0 aromatic heterocycles. The molecule has 0 saturated heterocycles. The fourth-order valence-corrected chi connectivity index (χ4v) is 3.07. The lowest BCUT2D eigenvalue weighted by Gasteiger charge is -2.26. The Morgan fingerprint density at radius 1 is 1.30 bits per heavy atom. The quantitative estimate of drug-likeness (QED) is 0.773. The van der Waals surface area contributed by atoms with Crippen LogP contribution in [0.25, 0.3) is 0 Å². The molecule has 1 aromatic rings. The van der Waals surface area contributed by atoms with Gasteiger partial charge >= 0.3 is 0 Å². The van der Waals surface area contributed by atoms with Crippen LogP contribution in [-0.2, 0) is 6.42 Å². The van der Waals surface area contributed by atoms with Crippen molar-refractivity contribution >= 4 is 11.6 Å². The maximum Gasteiger partial charge on any atom is 0.141 e. The Bertz CT molecular complexity index is 425. The molecule has 0 amide bonds. The van der Waals surface area contributed by atoms with Crippen molar-refractivity contribution in [3.8, 4) is 0 Å². The van der Waals surface area contributed by atoms with Gasteiger partial charge in [-0.05, 0) is 55.3 Å². The minimum atomic E-state index is -0.350. The van der Waals surface area contributed by atoms with Crippen molar-refractivity contribution < 1.29 is 4.39 Å². The van der Waals surface area contributed by atoms with Crippen molar-refractivity contribution in [3.63, 3.8) is 0 Å². The lowest BCUT2D eigenvalue weighted by molar-refractivity contribution is 0.277. The van der Waals surface area contributed by atoms with E-state index < -0.39 is 0 Å². The second-order valence-corrected chi connectivity index (χ2v) is 7.45. The molecule has 1 N–H and O–H groups in total. The first-order valence-electron chi connectivity index (χ1n) is 7.32. The number of hydrogen-bond donors (Lipinski definition) is 1. The zero-order valence-corrected chi connectivity index (χ0v) is 14.0. The highest BCUT2D eigenvalue weighted by Gasteiger charge is 2.19. The Balaban J connectivity index is 2.60. The molecule has 3 heteroatoms. The summed E-state index contributed by atoms with van der Waals surface area (Å²) in [5.74, 6) is 0.306. The van der Waals surface area contributed by atoms with E-state index in [2.05, 4.69) is 33.0 Å². The highest BCUT2D eigenvalue weighted by atomic mass is 35.5. The molecule has 0 aliphatic heterocycles. The van der Waals surface area contributed by atoms with E-state index in [0.717, 1.165) is 18.4 Å². The van der Waals surface area contributed by atoms with Crippen molar-refractivity contribution in [1.82, 2.24) is 5.32 Å². The van der Waals surface area contributed by atoms with Crippen LogP contribution in [0.3, 0.4) is 0 Å². The van der Waals surface area contributed by atoms with Crippen molar-refractivity contribution in [2.24, 2.45) is 11.3 Å². The van der Waals surface area contributed by atoms with Crippen LogP contribution in [0.4, 0.5) is 4.39 Å². The fourth-order valence-electron chi connectivity index (χ4n) is 2.87. The van der Waals surface area contributed by atoms with Gasteiger partial charge in [0.1, 0.15) is 5.82 Å². The van der Waals surface area contributed by atoms with Crippen molar-refractivity contribution in [2.45, 2.75) is 53.0 Å². The standard InChI is InChI=1S/C17H27ClFN/c1-12(11-17(2,3)4)8-14(20-5)9-13-6-7-16(19)15(18)10-13/h6-7,10,12,14,20H,8-9,11H2,1-5H3. The molecule has 0 bridgehead atoms. The molecule has 2 unspecified atom stereocenters. The number of hydrogen-bond acceptors (Lipinski definition) is 1. The third-order valence-electron chi connectivity index (χ3n) is 3.52. The summed E-state index contributed by atoms with van der Waals surface area (Å²) < 4.78 is 13.2. The lowest BCUT2D eigenvalue weighted by atomic mass is 9.82. The fraction of sp³-hybridized carbons (Fsp3) is 0.647. The topological polar surface area (TPSA) is 12.0 Å². The van der Waals surface area contributed by atoms with E-state index in [0.29, 0.717) is 17.4 Å². The van der Waals surface area contributed by atoms with Gasteiger partial charge in [-0.3, -0.25) is 0 Å². The SMILES string of the molecule is CNC(Cc1ccc(F)c(Cl)c1)CC(C)CC(C)(C)C. The molecule has 0 radical (unpaired) electrons. The largest absolute Gasteiger partial charge is 0.317 e. The smallest absolute Gasteiger partial charge is 0.141 e. The van der Waals surface area contributed by atoms with Crippen LogP contribution < -0.4 is 5.32 Å². The Morgan fingerprint density at radius 3 is 2.45 bits per heavy atom. The minimum absolute atomic E-state index is 0.208. The minimum Gasteiger partial charge on any atom is -0.317 e. The Hall–Kier alpha value is -0.600. The third-order valence-corrected chi connectivity index (χ3v) is 3.81. The van der Waals surface area contributed by atoms with Gasteiger partial charge in [-0.15, -0.1) is 0 Å². The Kier molecular flexibility index (Phi) is 6.47. The summed E-state index contributed by atoms with van der Waals surface area (Å²) in [7, 11) is 1.99. The predicted octanol–water partition coefficient (Wildman–Crippen LogP) is 5.07. The number of rotatable bonds is 6. The van der Waals surface area contributed by atoms with E-state index in [1.165, 1.54) is 12.5 Å². The summed E-state index contributed by atoms with van der Waals surface area (Å²) >= 11 is 5.84. The second kappa shape index (κ2) is 7.42. The lowest BCUT2D eigenvalue weighted by Crippen LogP contribution is -2.30. The number of benzene rings is 1. The van der Waals surface area contributed by atoms with Gasteiger partial charge < -0.3 is 5.32 Å². The van der Waals surface area contributed by atoms with Gasteiger partial charge in [-0.2, -0.15) is 0 Å². The molecule has 0 heterocycles. The highest BCUT2D eigenvalue weighted by molar-refractivity contribution is 6.30. The van der Waals surface area contributed by atoms with Gasteiger partial charge in [-0.1, -0.05) is 45.4 Å². The van der Waals surface area contributed by atoms with Crippen molar-refractivity contribution in [3.05, 3.63) is 34.6 Å². The van der Waals surface area contributed by atoms with Crippen LogP contribution >= 0.6 is 11.6 Å².